The van der Waals surface area contributed by atoms with Gasteiger partial charge in [-0.15, -0.1) is 11.3 Å². The topological polar surface area (TPSA) is 51.6 Å². The highest BCUT2D eigenvalue weighted by atomic mass is 32.2. The molecule has 0 spiro atoms. The van der Waals surface area contributed by atoms with Gasteiger partial charge in [-0.1, -0.05) is 0 Å². The maximum absolute atomic E-state index is 4.44. The van der Waals surface area contributed by atoms with Crippen molar-refractivity contribution in [1.82, 2.24) is 19.9 Å². The number of hydrogen-bond donors (Lipinski definition) is 0. The van der Waals surface area contributed by atoms with Gasteiger partial charge in [-0.05, 0) is 30.8 Å². The molecule has 0 bridgehead atoms. The van der Waals surface area contributed by atoms with Crippen molar-refractivity contribution in [2.75, 3.05) is 0 Å². The first kappa shape index (κ1) is 10.6. The van der Waals surface area contributed by atoms with Gasteiger partial charge in [-0.3, -0.25) is 4.98 Å². The Hall–Kier alpha value is -1.53. The number of pyridine rings is 1. The van der Waals surface area contributed by atoms with E-state index in [0.29, 0.717) is 5.65 Å². The molecule has 0 saturated heterocycles. The Balaban J connectivity index is 1.95. The molecule has 84 valence electrons. The fraction of sp³-hybridized carbons (Fsp3) is 0.0909. The zero-order valence-electron chi connectivity index (χ0n) is 8.99. The van der Waals surface area contributed by atoms with Gasteiger partial charge >= 0.3 is 0 Å². The smallest absolute Gasteiger partial charge is 0.179 e. The van der Waals surface area contributed by atoms with E-state index in [0.717, 1.165) is 20.6 Å². The molecule has 3 rings (SSSR count). The van der Waals surface area contributed by atoms with Crippen LogP contribution in [0, 0.1) is 6.92 Å². The molecule has 0 aliphatic rings. The molecule has 0 radical (unpaired) electrons. The van der Waals surface area contributed by atoms with Crippen molar-refractivity contribution in [2.24, 2.45) is 0 Å². The van der Waals surface area contributed by atoms with Crippen LogP contribution in [0.1, 0.15) is 5.69 Å². The first-order valence-corrected chi connectivity index (χ1v) is 6.68. The Morgan fingerprint density at radius 2 is 2.00 bits per heavy atom. The Bertz CT molecular complexity index is 665. The first-order valence-electron chi connectivity index (χ1n) is 4.99. The largest absolute Gasteiger partial charge is 0.251 e. The van der Waals surface area contributed by atoms with Crippen molar-refractivity contribution in [1.29, 1.82) is 0 Å². The van der Waals surface area contributed by atoms with Gasteiger partial charge in [0, 0.05) is 23.5 Å². The normalized spacial score (nSPS) is 10.9. The summed E-state index contributed by atoms with van der Waals surface area (Å²) in [5.41, 5.74) is 2.52. The lowest BCUT2D eigenvalue weighted by Gasteiger charge is -1.98. The summed E-state index contributed by atoms with van der Waals surface area (Å²) in [6.45, 7) is 1.99. The molecule has 3 heterocycles. The van der Waals surface area contributed by atoms with Crippen LogP contribution in [0.5, 0.6) is 0 Å². The summed E-state index contributed by atoms with van der Waals surface area (Å²) >= 11 is 3.18. The molecule has 0 aliphatic carbocycles. The molecule has 0 aromatic carbocycles. The summed E-state index contributed by atoms with van der Waals surface area (Å²) in [6.07, 6.45) is 3.32. The number of fused-ring (bicyclic) bond motifs is 1. The van der Waals surface area contributed by atoms with E-state index in [4.69, 9.17) is 0 Å². The Morgan fingerprint density at radius 3 is 2.82 bits per heavy atom. The predicted octanol–water partition coefficient (Wildman–Crippen LogP) is 2.94. The zero-order valence-corrected chi connectivity index (χ0v) is 10.6. The van der Waals surface area contributed by atoms with Crippen molar-refractivity contribution < 1.29 is 0 Å². The molecular formula is C11H8N4S2. The van der Waals surface area contributed by atoms with Gasteiger partial charge in [0.05, 0.1) is 0 Å². The second-order valence-corrected chi connectivity index (χ2v) is 5.53. The monoisotopic (exact) mass is 260 g/mol. The van der Waals surface area contributed by atoms with Crippen molar-refractivity contribution >= 4 is 34.3 Å². The molecule has 0 amide bonds. The summed E-state index contributed by atoms with van der Waals surface area (Å²) in [6, 6.07) is 3.87. The number of nitrogens with zero attached hydrogens (tertiary/aromatic N) is 4. The minimum atomic E-state index is 0.672. The van der Waals surface area contributed by atoms with Crippen LogP contribution in [0.4, 0.5) is 0 Å². The predicted molar refractivity (Wildman–Crippen MR) is 68.3 cm³/mol. The SMILES string of the molecule is Cc1csc(Sc2ccc3nccnc3n2)n1. The van der Waals surface area contributed by atoms with Crippen molar-refractivity contribution in [3.8, 4) is 0 Å². The average molecular weight is 260 g/mol. The molecule has 0 N–H and O–H groups in total. The molecule has 0 fully saturated rings. The van der Waals surface area contributed by atoms with Crippen LogP contribution in [-0.4, -0.2) is 19.9 Å². The van der Waals surface area contributed by atoms with Gasteiger partial charge in [-0.2, -0.15) is 0 Å². The van der Waals surface area contributed by atoms with Gasteiger partial charge in [0.1, 0.15) is 10.5 Å². The molecule has 0 saturated carbocycles. The van der Waals surface area contributed by atoms with E-state index in [-0.39, 0.29) is 0 Å². The highest BCUT2D eigenvalue weighted by molar-refractivity contribution is 8.01. The van der Waals surface area contributed by atoms with E-state index >= 15 is 0 Å². The second kappa shape index (κ2) is 4.38. The summed E-state index contributed by atoms with van der Waals surface area (Å²) in [5.74, 6) is 0. The molecule has 17 heavy (non-hydrogen) atoms. The minimum Gasteiger partial charge on any atom is -0.251 e. The zero-order chi connectivity index (χ0) is 11.7. The van der Waals surface area contributed by atoms with Crippen LogP contribution >= 0.6 is 23.1 Å². The van der Waals surface area contributed by atoms with E-state index in [1.54, 1.807) is 35.5 Å². The molecule has 3 aromatic heterocycles. The lowest BCUT2D eigenvalue weighted by molar-refractivity contribution is 1.11. The number of aryl methyl sites for hydroxylation is 1. The average Bonchev–Trinajstić information content (AvgIpc) is 2.75. The van der Waals surface area contributed by atoms with Crippen LogP contribution in [0.25, 0.3) is 11.2 Å². The Kier molecular flexibility index (Phi) is 2.74. The molecule has 3 aromatic rings. The maximum Gasteiger partial charge on any atom is 0.179 e. The highest BCUT2D eigenvalue weighted by Gasteiger charge is 2.04. The van der Waals surface area contributed by atoms with Crippen molar-refractivity contribution in [3.05, 3.63) is 35.6 Å². The number of thiazole rings is 1. The van der Waals surface area contributed by atoms with Crippen LogP contribution in [0.3, 0.4) is 0 Å². The van der Waals surface area contributed by atoms with Gasteiger partial charge in [0.2, 0.25) is 0 Å². The quantitative estimate of drug-likeness (QED) is 0.709. The fourth-order valence-corrected chi connectivity index (χ4v) is 3.11. The highest BCUT2D eigenvalue weighted by Crippen LogP contribution is 2.29. The van der Waals surface area contributed by atoms with Gasteiger partial charge in [0.25, 0.3) is 0 Å². The molecule has 0 aliphatic heterocycles. The first-order chi connectivity index (χ1) is 8.31. The third kappa shape index (κ3) is 2.27. The van der Waals surface area contributed by atoms with Crippen LogP contribution in [0.2, 0.25) is 0 Å². The van der Waals surface area contributed by atoms with Crippen LogP contribution in [-0.2, 0) is 0 Å². The second-order valence-electron chi connectivity index (χ2n) is 3.41. The molecule has 4 nitrogen and oxygen atoms in total. The number of aromatic nitrogens is 4. The lowest BCUT2D eigenvalue weighted by Crippen LogP contribution is -1.87. The summed E-state index contributed by atoms with van der Waals surface area (Å²) < 4.78 is 0.998. The van der Waals surface area contributed by atoms with Crippen LogP contribution in [0.15, 0.2) is 39.3 Å². The summed E-state index contributed by atoms with van der Waals surface area (Å²) in [7, 11) is 0. The Morgan fingerprint density at radius 1 is 1.12 bits per heavy atom. The molecule has 6 heteroatoms. The van der Waals surface area contributed by atoms with E-state index in [1.807, 2.05) is 24.4 Å². The standard InChI is InChI=1S/C11H8N4S2/c1-7-6-16-11(14-7)17-9-3-2-8-10(15-9)13-5-4-12-8/h2-6H,1H3. The summed E-state index contributed by atoms with van der Waals surface area (Å²) in [4.78, 5) is 17.2. The molecule has 0 unspecified atom stereocenters. The van der Waals surface area contributed by atoms with Gasteiger partial charge in [-0.25, -0.2) is 15.0 Å². The summed E-state index contributed by atoms with van der Waals surface area (Å²) in [5, 5.41) is 2.93. The third-order valence-corrected chi connectivity index (χ3v) is 4.09. The lowest BCUT2D eigenvalue weighted by atomic mass is 10.4. The van der Waals surface area contributed by atoms with E-state index in [9.17, 15) is 0 Å². The van der Waals surface area contributed by atoms with Crippen LogP contribution < -0.4 is 0 Å². The molecule has 0 atom stereocenters. The minimum absolute atomic E-state index is 0.672. The third-order valence-electron chi connectivity index (χ3n) is 2.10. The maximum atomic E-state index is 4.44. The Labute approximate surface area is 106 Å². The number of rotatable bonds is 2. The van der Waals surface area contributed by atoms with Crippen molar-refractivity contribution in [3.63, 3.8) is 0 Å². The molecular weight excluding hydrogens is 252 g/mol. The number of hydrogen-bond acceptors (Lipinski definition) is 6. The van der Waals surface area contributed by atoms with Crippen molar-refractivity contribution in [2.45, 2.75) is 16.3 Å². The van der Waals surface area contributed by atoms with E-state index in [1.165, 1.54) is 0 Å². The van der Waals surface area contributed by atoms with E-state index in [2.05, 4.69) is 19.9 Å². The van der Waals surface area contributed by atoms with E-state index < -0.39 is 0 Å². The fourth-order valence-electron chi connectivity index (χ4n) is 1.36. The van der Waals surface area contributed by atoms with Gasteiger partial charge < -0.3 is 0 Å². The van der Waals surface area contributed by atoms with Gasteiger partial charge in [0.15, 0.2) is 9.99 Å².